The molecular formula is C45H33FN8. The standard InChI is InChI=1S/C23H17FN4.C22H16N4/c1-16-2-9-20(10-3-16)28-21(12-13-26-28)18-6-11-23-25-14-22(27(23)15-18)17-4-7-19(24)8-5-17;1-3-7-17(8-4-1)21-15-23-22-12-11-18(16-25(21)22)20-13-14-24-26(20)19-9-5-2-6-10-19/h2-15H,1H3;1-16H. The van der Waals surface area contributed by atoms with E-state index in [1.165, 1.54) is 17.7 Å². The van der Waals surface area contributed by atoms with Crippen LogP contribution in [0.2, 0.25) is 0 Å². The lowest BCUT2D eigenvalue weighted by atomic mass is 10.1. The Hall–Kier alpha value is -7.39. The maximum atomic E-state index is 13.3. The van der Waals surface area contributed by atoms with Gasteiger partial charge in [-0.3, -0.25) is 8.80 Å². The molecule has 8 nitrogen and oxygen atoms in total. The lowest BCUT2D eigenvalue weighted by Gasteiger charge is -2.09. The van der Waals surface area contributed by atoms with Gasteiger partial charge in [0.1, 0.15) is 17.1 Å². The van der Waals surface area contributed by atoms with E-state index in [2.05, 4.69) is 92.3 Å². The first-order valence-electron chi connectivity index (χ1n) is 17.6. The predicted molar refractivity (Wildman–Crippen MR) is 211 cm³/mol. The molecule has 0 radical (unpaired) electrons. The molecule has 54 heavy (non-hydrogen) atoms. The van der Waals surface area contributed by atoms with Crippen molar-refractivity contribution in [1.82, 2.24) is 38.3 Å². The number of benzene rings is 4. The molecule has 0 N–H and O–H groups in total. The largest absolute Gasteiger partial charge is 0.299 e. The summed E-state index contributed by atoms with van der Waals surface area (Å²) >= 11 is 0. The van der Waals surface area contributed by atoms with E-state index in [4.69, 9.17) is 0 Å². The van der Waals surface area contributed by atoms with Gasteiger partial charge in [-0.25, -0.2) is 23.7 Å². The normalized spacial score (nSPS) is 11.1. The summed E-state index contributed by atoms with van der Waals surface area (Å²) in [7, 11) is 0. The maximum absolute atomic E-state index is 13.3. The second-order valence-corrected chi connectivity index (χ2v) is 12.9. The third kappa shape index (κ3) is 6.24. The Morgan fingerprint density at radius 1 is 0.426 bits per heavy atom. The van der Waals surface area contributed by atoms with Crippen molar-refractivity contribution in [3.05, 3.63) is 194 Å². The van der Waals surface area contributed by atoms with Crippen LogP contribution in [-0.4, -0.2) is 38.3 Å². The van der Waals surface area contributed by atoms with E-state index in [1.807, 2.05) is 105 Å². The first-order chi connectivity index (χ1) is 26.6. The Balaban J connectivity index is 0.000000143. The highest BCUT2D eigenvalue weighted by Gasteiger charge is 2.13. The first kappa shape index (κ1) is 32.5. The highest BCUT2D eigenvalue weighted by Crippen LogP contribution is 2.28. The number of aromatic nitrogens is 8. The Bertz CT molecular complexity index is 2830. The molecular weight excluding hydrogens is 672 g/mol. The predicted octanol–water partition coefficient (Wildman–Crippen LogP) is 10.2. The van der Waals surface area contributed by atoms with Gasteiger partial charge in [0.25, 0.3) is 0 Å². The molecule has 0 atom stereocenters. The van der Waals surface area contributed by atoms with Gasteiger partial charge in [0, 0.05) is 34.6 Å². The number of rotatable bonds is 6. The van der Waals surface area contributed by atoms with Gasteiger partial charge in [-0.2, -0.15) is 10.2 Å². The molecule has 0 saturated carbocycles. The lowest BCUT2D eigenvalue weighted by Crippen LogP contribution is -1.99. The van der Waals surface area contributed by atoms with Crippen molar-refractivity contribution in [2.45, 2.75) is 6.92 Å². The Kier molecular flexibility index (Phi) is 8.41. The third-order valence-electron chi connectivity index (χ3n) is 9.38. The Labute approximate surface area is 310 Å². The van der Waals surface area contributed by atoms with Gasteiger partial charge in [-0.15, -0.1) is 0 Å². The smallest absolute Gasteiger partial charge is 0.137 e. The highest BCUT2D eigenvalue weighted by molar-refractivity contribution is 5.70. The van der Waals surface area contributed by atoms with Crippen LogP contribution >= 0.6 is 0 Å². The number of hydrogen-bond donors (Lipinski definition) is 0. The van der Waals surface area contributed by atoms with Crippen molar-refractivity contribution >= 4 is 11.3 Å². The number of hydrogen-bond acceptors (Lipinski definition) is 4. The van der Waals surface area contributed by atoms with Crippen molar-refractivity contribution < 1.29 is 4.39 Å². The number of aryl methyl sites for hydroxylation is 1. The van der Waals surface area contributed by atoms with Crippen LogP contribution in [0.3, 0.4) is 0 Å². The van der Waals surface area contributed by atoms with Gasteiger partial charge in [0.2, 0.25) is 0 Å². The molecule has 0 fully saturated rings. The minimum absolute atomic E-state index is 0.250. The Morgan fingerprint density at radius 2 is 0.889 bits per heavy atom. The molecule has 260 valence electrons. The molecule has 0 aliphatic heterocycles. The number of para-hydroxylation sites is 1. The van der Waals surface area contributed by atoms with Crippen LogP contribution in [-0.2, 0) is 0 Å². The average Bonchev–Trinajstić information content (AvgIpc) is 4.05. The summed E-state index contributed by atoms with van der Waals surface area (Å²) in [6, 6.07) is 47.4. The van der Waals surface area contributed by atoms with E-state index in [9.17, 15) is 4.39 Å². The van der Waals surface area contributed by atoms with Gasteiger partial charge >= 0.3 is 0 Å². The molecule has 0 saturated heterocycles. The summed E-state index contributed by atoms with van der Waals surface area (Å²) in [6.45, 7) is 2.07. The molecule has 10 aromatic rings. The van der Waals surface area contributed by atoms with Crippen LogP contribution in [0.15, 0.2) is 183 Å². The van der Waals surface area contributed by atoms with Crippen LogP contribution in [0.5, 0.6) is 0 Å². The van der Waals surface area contributed by atoms with E-state index in [0.717, 1.165) is 67.7 Å². The summed E-state index contributed by atoms with van der Waals surface area (Å²) in [5.41, 5.74) is 13.2. The van der Waals surface area contributed by atoms with Crippen LogP contribution in [0, 0.1) is 12.7 Å². The van der Waals surface area contributed by atoms with Crippen molar-refractivity contribution in [1.29, 1.82) is 0 Å². The summed E-state index contributed by atoms with van der Waals surface area (Å²) < 4.78 is 21.3. The zero-order valence-electron chi connectivity index (χ0n) is 29.3. The average molecular weight is 705 g/mol. The molecule has 0 unspecified atom stereocenters. The summed E-state index contributed by atoms with van der Waals surface area (Å²) in [4.78, 5) is 9.02. The zero-order chi connectivity index (χ0) is 36.4. The summed E-state index contributed by atoms with van der Waals surface area (Å²) in [5.74, 6) is -0.250. The van der Waals surface area contributed by atoms with E-state index in [1.54, 1.807) is 18.3 Å². The second-order valence-electron chi connectivity index (χ2n) is 12.9. The molecule has 6 heterocycles. The molecule has 0 amide bonds. The van der Waals surface area contributed by atoms with Crippen LogP contribution in [0.25, 0.3) is 67.7 Å². The van der Waals surface area contributed by atoms with Gasteiger partial charge in [-0.1, -0.05) is 66.2 Å². The van der Waals surface area contributed by atoms with Crippen LogP contribution in [0.4, 0.5) is 4.39 Å². The fourth-order valence-electron chi connectivity index (χ4n) is 6.63. The minimum Gasteiger partial charge on any atom is -0.299 e. The molecule has 6 aromatic heterocycles. The SMILES string of the molecule is Cc1ccc(-n2nccc2-c2ccc3ncc(-c4ccc(F)cc4)n3c2)cc1.c1ccc(-c2cnc3ccc(-c4ccnn4-c4ccccc4)cn23)cc1. The number of halogens is 1. The molecule has 0 aliphatic carbocycles. The topological polar surface area (TPSA) is 70.2 Å². The fourth-order valence-corrected chi connectivity index (χ4v) is 6.63. The molecule has 0 spiro atoms. The van der Waals surface area contributed by atoms with Gasteiger partial charge < -0.3 is 0 Å². The van der Waals surface area contributed by atoms with Crippen molar-refractivity contribution in [2.24, 2.45) is 0 Å². The fraction of sp³-hybridized carbons (Fsp3) is 0.0222. The number of nitrogens with zero attached hydrogens (tertiary/aromatic N) is 8. The molecule has 0 aliphatic rings. The number of imidazole rings is 2. The molecule has 0 bridgehead atoms. The van der Waals surface area contributed by atoms with Crippen molar-refractivity contribution in [2.75, 3.05) is 0 Å². The van der Waals surface area contributed by atoms with E-state index < -0.39 is 0 Å². The zero-order valence-corrected chi connectivity index (χ0v) is 29.3. The van der Waals surface area contributed by atoms with Gasteiger partial charge in [-0.05, 0) is 91.9 Å². The van der Waals surface area contributed by atoms with E-state index in [-0.39, 0.29) is 5.82 Å². The van der Waals surface area contributed by atoms with Crippen LogP contribution < -0.4 is 0 Å². The monoisotopic (exact) mass is 704 g/mol. The quantitative estimate of drug-likeness (QED) is 0.173. The van der Waals surface area contributed by atoms with E-state index >= 15 is 0 Å². The number of pyridine rings is 2. The van der Waals surface area contributed by atoms with E-state index in [0.29, 0.717) is 0 Å². The summed E-state index contributed by atoms with van der Waals surface area (Å²) in [6.07, 6.45) is 11.5. The van der Waals surface area contributed by atoms with Crippen molar-refractivity contribution in [3.63, 3.8) is 0 Å². The molecule has 10 rings (SSSR count). The van der Waals surface area contributed by atoms with Crippen molar-refractivity contribution in [3.8, 4) is 56.4 Å². The highest BCUT2D eigenvalue weighted by atomic mass is 19.1. The number of fused-ring (bicyclic) bond motifs is 2. The Morgan fingerprint density at radius 3 is 1.43 bits per heavy atom. The molecule has 4 aromatic carbocycles. The first-order valence-corrected chi connectivity index (χ1v) is 17.6. The second kappa shape index (κ2) is 14.0. The van der Waals surface area contributed by atoms with Gasteiger partial charge in [0.05, 0.1) is 58.9 Å². The van der Waals surface area contributed by atoms with Crippen LogP contribution in [0.1, 0.15) is 5.56 Å². The maximum Gasteiger partial charge on any atom is 0.137 e. The third-order valence-corrected chi connectivity index (χ3v) is 9.38. The lowest BCUT2D eigenvalue weighted by molar-refractivity contribution is 0.628. The summed E-state index contributed by atoms with van der Waals surface area (Å²) in [5, 5.41) is 9.00. The molecule has 9 heteroatoms. The minimum atomic E-state index is -0.250. The van der Waals surface area contributed by atoms with Gasteiger partial charge in [0.15, 0.2) is 0 Å².